The average Bonchev–Trinajstić information content (AvgIpc) is 3.18. The van der Waals surface area contributed by atoms with E-state index >= 15 is 0 Å². The fourth-order valence-electron chi connectivity index (χ4n) is 3.60. The lowest BCUT2D eigenvalue weighted by atomic mass is 9.97. The molecule has 31 heavy (non-hydrogen) atoms. The van der Waals surface area contributed by atoms with Gasteiger partial charge in [-0.1, -0.05) is 6.07 Å². The first-order valence-corrected chi connectivity index (χ1v) is 10.3. The minimum absolute atomic E-state index is 0.0143. The maximum Gasteiger partial charge on any atom is 0.280 e. The number of carbonyl (C=O) groups is 1. The Morgan fingerprint density at radius 3 is 2.68 bits per heavy atom. The number of halogens is 2. The van der Waals surface area contributed by atoms with Gasteiger partial charge in [0.05, 0.1) is 23.9 Å². The van der Waals surface area contributed by atoms with Gasteiger partial charge < -0.3 is 13.9 Å². The molecule has 1 saturated heterocycles. The summed E-state index contributed by atoms with van der Waals surface area (Å²) in [6.45, 7) is 5.18. The number of rotatable bonds is 7. The lowest BCUT2D eigenvalue weighted by Crippen LogP contribution is -2.14. The minimum Gasteiger partial charge on any atom is -0.472 e. The Morgan fingerprint density at radius 1 is 1.19 bits per heavy atom. The van der Waals surface area contributed by atoms with Gasteiger partial charge in [-0.25, -0.2) is 23.7 Å². The Balaban J connectivity index is 1.65. The molecule has 0 bridgehead atoms. The summed E-state index contributed by atoms with van der Waals surface area (Å²) >= 11 is 0. The van der Waals surface area contributed by atoms with Crippen LogP contribution in [-0.2, 0) is 11.2 Å². The summed E-state index contributed by atoms with van der Waals surface area (Å²) in [7, 11) is 0. The summed E-state index contributed by atoms with van der Waals surface area (Å²) in [4.78, 5) is 25.7. The smallest absolute Gasteiger partial charge is 0.280 e. The van der Waals surface area contributed by atoms with Crippen LogP contribution in [0.5, 0.6) is 5.88 Å². The summed E-state index contributed by atoms with van der Waals surface area (Å²) in [5.41, 5.74) is 1.54. The number of pyridine rings is 1. The first-order chi connectivity index (χ1) is 14.9. The molecule has 1 aliphatic rings. The zero-order valence-electron chi connectivity index (χ0n) is 17.4. The van der Waals surface area contributed by atoms with Crippen molar-refractivity contribution in [2.75, 3.05) is 13.2 Å². The third kappa shape index (κ3) is 4.87. The second kappa shape index (κ2) is 9.05. The molecule has 7 nitrogen and oxygen atoms in total. The highest BCUT2D eigenvalue weighted by Crippen LogP contribution is 2.29. The van der Waals surface area contributed by atoms with Gasteiger partial charge in [-0.3, -0.25) is 4.79 Å². The van der Waals surface area contributed by atoms with Crippen molar-refractivity contribution in [3.05, 3.63) is 53.4 Å². The summed E-state index contributed by atoms with van der Waals surface area (Å²) in [5, 5.41) is 0. The van der Waals surface area contributed by atoms with Crippen molar-refractivity contribution in [1.29, 1.82) is 0 Å². The number of aromatic nitrogens is 4. The molecule has 3 aromatic rings. The average molecular weight is 430 g/mol. The second-order valence-corrected chi connectivity index (χ2v) is 7.84. The normalized spacial score (nSPS) is 15.2. The third-order valence-electron chi connectivity index (χ3n) is 5.08. The fourth-order valence-corrected chi connectivity index (χ4v) is 3.60. The molecule has 0 spiro atoms. The zero-order chi connectivity index (χ0) is 22.0. The number of hydrogen-bond donors (Lipinski definition) is 0. The van der Waals surface area contributed by atoms with Crippen LogP contribution in [0.4, 0.5) is 8.78 Å². The standard InChI is InChI=1S/C22H24F2N4O3/c1-13(2)31-22-21-27-18(14-6-8-30-9-7-14)12-28(21)11-15(25-22)10-19(29)16-4-3-5-17(26-16)20(23)24/h3-5,11-14,20H,6-10H2,1-2H3. The van der Waals surface area contributed by atoms with Crippen molar-refractivity contribution in [3.8, 4) is 5.88 Å². The molecule has 0 amide bonds. The SMILES string of the molecule is CC(C)Oc1nc(CC(=O)c2cccc(C(F)F)n2)cn2cc(C3CCOCC3)nc12. The number of fused-ring (bicyclic) bond motifs is 1. The van der Waals surface area contributed by atoms with E-state index in [1.165, 1.54) is 18.2 Å². The van der Waals surface area contributed by atoms with Crippen LogP contribution in [0.2, 0.25) is 0 Å². The van der Waals surface area contributed by atoms with E-state index in [1.807, 2.05) is 24.4 Å². The van der Waals surface area contributed by atoms with Crippen molar-refractivity contribution in [2.24, 2.45) is 0 Å². The van der Waals surface area contributed by atoms with Gasteiger partial charge in [0.2, 0.25) is 5.65 Å². The molecule has 3 aromatic heterocycles. The molecule has 0 N–H and O–H groups in total. The number of Topliss-reactive ketones (excluding diaryl/α,β-unsaturated/α-hetero) is 1. The van der Waals surface area contributed by atoms with Crippen LogP contribution < -0.4 is 4.74 Å². The second-order valence-electron chi connectivity index (χ2n) is 7.84. The van der Waals surface area contributed by atoms with Gasteiger partial charge >= 0.3 is 0 Å². The van der Waals surface area contributed by atoms with Crippen LogP contribution in [0.3, 0.4) is 0 Å². The van der Waals surface area contributed by atoms with Crippen LogP contribution in [-0.4, -0.2) is 44.5 Å². The Morgan fingerprint density at radius 2 is 1.97 bits per heavy atom. The zero-order valence-corrected chi connectivity index (χ0v) is 17.4. The highest BCUT2D eigenvalue weighted by atomic mass is 19.3. The molecule has 4 heterocycles. The van der Waals surface area contributed by atoms with Crippen LogP contribution in [0.25, 0.3) is 5.65 Å². The molecule has 9 heteroatoms. The maximum absolute atomic E-state index is 12.9. The number of hydrogen-bond acceptors (Lipinski definition) is 6. The van der Waals surface area contributed by atoms with E-state index in [-0.39, 0.29) is 18.2 Å². The monoisotopic (exact) mass is 430 g/mol. The van der Waals surface area contributed by atoms with Gasteiger partial charge in [-0.15, -0.1) is 0 Å². The van der Waals surface area contributed by atoms with Gasteiger partial charge in [0.15, 0.2) is 5.78 Å². The van der Waals surface area contributed by atoms with E-state index in [1.54, 1.807) is 6.20 Å². The Bertz CT molecular complexity index is 1080. The highest BCUT2D eigenvalue weighted by Gasteiger charge is 2.22. The van der Waals surface area contributed by atoms with E-state index in [4.69, 9.17) is 14.5 Å². The first kappa shape index (κ1) is 21.3. The lowest BCUT2D eigenvalue weighted by molar-refractivity contribution is 0.0846. The molecule has 0 aliphatic carbocycles. The van der Waals surface area contributed by atoms with Crippen molar-refractivity contribution in [2.45, 2.75) is 51.6 Å². The molecular weight excluding hydrogens is 406 g/mol. The molecule has 1 aliphatic heterocycles. The van der Waals surface area contributed by atoms with Crippen molar-refractivity contribution in [3.63, 3.8) is 0 Å². The Hall–Kier alpha value is -2.94. The predicted molar refractivity (Wildman–Crippen MR) is 109 cm³/mol. The number of ketones is 1. The van der Waals surface area contributed by atoms with E-state index < -0.39 is 17.9 Å². The molecular formula is C22H24F2N4O3. The van der Waals surface area contributed by atoms with E-state index in [2.05, 4.69) is 9.97 Å². The minimum atomic E-state index is -2.73. The number of nitrogens with zero attached hydrogens (tertiary/aromatic N) is 4. The fraction of sp³-hybridized carbons (Fsp3) is 0.455. The number of carbonyl (C=O) groups excluding carboxylic acids is 1. The number of ether oxygens (including phenoxy) is 2. The van der Waals surface area contributed by atoms with Crippen molar-refractivity contribution in [1.82, 2.24) is 19.4 Å². The van der Waals surface area contributed by atoms with Gasteiger partial charge in [0.25, 0.3) is 12.3 Å². The van der Waals surface area contributed by atoms with Crippen molar-refractivity contribution < 1.29 is 23.0 Å². The Kier molecular flexibility index (Phi) is 6.22. The van der Waals surface area contributed by atoms with E-state index in [0.717, 1.165) is 18.5 Å². The van der Waals surface area contributed by atoms with Crippen LogP contribution >= 0.6 is 0 Å². The molecule has 0 atom stereocenters. The summed E-state index contributed by atoms with van der Waals surface area (Å²) in [6.07, 6.45) is 2.51. The van der Waals surface area contributed by atoms with Gasteiger partial charge in [-0.05, 0) is 38.8 Å². The molecule has 1 fully saturated rings. The summed E-state index contributed by atoms with van der Waals surface area (Å²) in [5.74, 6) is 0.245. The van der Waals surface area contributed by atoms with Gasteiger partial charge in [-0.2, -0.15) is 0 Å². The van der Waals surface area contributed by atoms with E-state index in [0.29, 0.717) is 36.4 Å². The van der Waals surface area contributed by atoms with Gasteiger partial charge in [0, 0.05) is 31.5 Å². The van der Waals surface area contributed by atoms with Crippen molar-refractivity contribution >= 4 is 11.4 Å². The topological polar surface area (TPSA) is 78.6 Å². The molecule has 0 unspecified atom stereocenters. The molecule has 4 rings (SSSR count). The molecule has 0 aromatic carbocycles. The molecule has 164 valence electrons. The lowest BCUT2D eigenvalue weighted by Gasteiger charge is -2.19. The number of imidazole rings is 1. The molecule has 0 saturated carbocycles. The Labute approximate surface area is 178 Å². The maximum atomic E-state index is 12.9. The number of alkyl halides is 2. The van der Waals surface area contributed by atoms with E-state index in [9.17, 15) is 13.6 Å². The summed E-state index contributed by atoms with van der Waals surface area (Å²) in [6, 6.07) is 4.03. The van der Waals surface area contributed by atoms with Crippen LogP contribution in [0, 0.1) is 0 Å². The molecule has 0 radical (unpaired) electrons. The van der Waals surface area contributed by atoms with Gasteiger partial charge in [0.1, 0.15) is 11.4 Å². The predicted octanol–water partition coefficient (Wildman–Crippen LogP) is 4.17. The first-order valence-electron chi connectivity index (χ1n) is 10.3. The highest BCUT2D eigenvalue weighted by molar-refractivity contribution is 5.95. The third-order valence-corrected chi connectivity index (χ3v) is 5.08. The quantitative estimate of drug-likeness (QED) is 0.524. The summed E-state index contributed by atoms with van der Waals surface area (Å²) < 4.78 is 39.0. The van der Waals surface area contributed by atoms with Crippen LogP contribution in [0.1, 0.15) is 66.6 Å². The largest absolute Gasteiger partial charge is 0.472 e. The van der Waals surface area contributed by atoms with Crippen LogP contribution in [0.15, 0.2) is 30.6 Å².